The Balaban J connectivity index is 1.92. The minimum Gasteiger partial charge on any atom is -0.495 e. The summed E-state index contributed by atoms with van der Waals surface area (Å²) in [5.74, 6) is -0.858. The molecule has 6 nitrogen and oxygen atoms in total. The van der Waals surface area contributed by atoms with Crippen LogP contribution in [0.3, 0.4) is 0 Å². The second kappa shape index (κ2) is 7.45. The van der Waals surface area contributed by atoms with Crippen LogP contribution >= 0.6 is 0 Å². The number of benzene rings is 2. The number of amides is 1. The molecule has 6 heteroatoms. The van der Waals surface area contributed by atoms with Crippen molar-refractivity contribution in [3.8, 4) is 11.4 Å². The molecule has 0 aliphatic heterocycles. The van der Waals surface area contributed by atoms with Crippen molar-refractivity contribution in [1.82, 2.24) is 9.78 Å². The molecule has 0 saturated heterocycles. The molecule has 0 saturated carbocycles. The number of ketones is 1. The van der Waals surface area contributed by atoms with Crippen molar-refractivity contribution in [2.45, 2.75) is 20.8 Å². The van der Waals surface area contributed by atoms with Crippen LogP contribution in [0.2, 0.25) is 0 Å². The van der Waals surface area contributed by atoms with Crippen molar-refractivity contribution < 1.29 is 14.3 Å². The Morgan fingerprint density at radius 2 is 1.74 bits per heavy atom. The lowest BCUT2D eigenvalue weighted by molar-refractivity contribution is -0.112. The topological polar surface area (TPSA) is 73.2 Å². The molecule has 1 N–H and O–H groups in total. The van der Waals surface area contributed by atoms with Crippen molar-refractivity contribution >= 4 is 17.4 Å². The standard InChI is InChI=1S/C21H21N3O3/c1-13-10-11-18(27-4)17(12-13)22-21(26)20(25)19-14(2)23-24(15(19)3)16-8-6-5-7-9-16/h5-12H,1-4H3,(H,22,26). The van der Waals surface area contributed by atoms with E-state index in [1.165, 1.54) is 7.11 Å². The Morgan fingerprint density at radius 1 is 1.04 bits per heavy atom. The van der Waals surface area contributed by atoms with E-state index in [1.807, 2.05) is 43.3 Å². The molecule has 3 rings (SSSR count). The predicted molar refractivity (Wildman–Crippen MR) is 104 cm³/mol. The van der Waals surface area contributed by atoms with E-state index in [9.17, 15) is 9.59 Å². The Bertz CT molecular complexity index is 1010. The number of aryl methyl sites for hydroxylation is 2. The molecular formula is C21H21N3O3. The highest BCUT2D eigenvalue weighted by Crippen LogP contribution is 2.26. The number of methoxy groups -OCH3 is 1. The molecule has 0 aliphatic carbocycles. The zero-order chi connectivity index (χ0) is 19.6. The monoisotopic (exact) mass is 363 g/mol. The molecule has 0 spiro atoms. The fraction of sp³-hybridized carbons (Fsp3) is 0.190. The molecule has 27 heavy (non-hydrogen) atoms. The summed E-state index contributed by atoms with van der Waals surface area (Å²) in [5.41, 5.74) is 3.67. The lowest BCUT2D eigenvalue weighted by Gasteiger charge is -2.10. The van der Waals surface area contributed by atoms with E-state index in [4.69, 9.17) is 4.74 Å². The van der Waals surface area contributed by atoms with Gasteiger partial charge in [-0.1, -0.05) is 24.3 Å². The van der Waals surface area contributed by atoms with Gasteiger partial charge in [-0.05, 0) is 50.6 Å². The third-order valence-electron chi connectivity index (χ3n) is 4.33. The van der Waals surface area contributed by atoms with E-state index < -0.39 is 11.7 Å². The minimum atomic E-state index is -0.724. The summed E-state index contributed by atoms with van der Waals surface area (Å²) in [6, 6.07) is 14.9. The van der Waals surface area contributed by atoms with Gasteiger partial charge in [0.05, 0.1) is 35.4 Å². The van der Waals surface area contributed by atoms with E-state index in [-0.39, 0.29) is 0 Å². The Kier molecular flexibility index (Phi) is 5.07. The molecule has 0 bridgehead atoms. The van der Waals surface area contributed by atoms with Gasteiger partial charge >= 0.3 is 0 Å². The molecule has 0 unspecified atom stereocenters. The number of nitrogens with one attached hydrogen (secondary N) is 1. The maximum Gasteiger partial charge on any atom is 0.297 e. The van der Waals surface area contributed by atoms with Crippen LogP contribution in [0.25, 0.3) is 5.69 Å². The number of hydrogen-bond donors (Lipinski definition) is 1. The van der Waals surface area contributed by atoms with Crippen LogP contribution < -0.4 is 10.1 Å². The normalized spacial score (nSPS) is 10.5. The summed E-state index contributed by atoms with van der Waals surface area (Å²) in [6.45, 7) is 5.40. The van der Waals surface area contributed by atoms with E-state index in [0.717, 1.165) is 11.3 Å². The van der Waals surface area contributed by atoms with Crippen molar-refractivity contribution in [2.75, 3.05) is 12.4 Å². The highest BCUT2D eigenvalue weighted by molar-refractivity contribution is 6.47. The fourth-order valence-electron chi connectivity index (χ4n) is 3.00. The summed E-state index contributed by atoms with van der Waals surface area (Å²) in [6.07, 6.45) is 0. The zero-order valence-electron chi connectivity index (χ0n) is 15.7. The lowest BCUT2D eigenvalue weighted by Crippen LogP contribution is -2.24. The van der Waals surface area contributed by atoms with Gasteiger partial charge in [-0.15, -0.1) is 0 Å². The number of hydrogen-bond acceptors (Lipinski definition) is 4. The number of carbonyl (C=O) groups is 2. The van der Waals surface area contributed by atoms with Crippen molar-refractivity contribution in [2.24, 2.45) is 0 Å². The number of Topliss-reactive ketones (excluding diaryl/α,β-unsaturated/α-hetero) is 1. The summed E-state index contributed by atoms with van der Waals surface area (Å²) >= 11 is 0. The van der Waals surface area contributed by atoms with Gasteiger partial charge in [-0.2, -0.15) is 5.10 Å². The Hall–Kier alpha value is -3.41. The van der Waals surface area contributed by atoms with Crippen LogP contribution in [0.15, 0.2) is 48.5 Å². The third-order valence-corrected chi connectivity index (χ3v) is 4.33. The highest BCUT2D eigenvalue weighted by atomic mass is 16.5. The van der Waals surface area contributed by atoms with Gasteiger partial charge < -0.3 is 10.1 Å². The van der Waals surface area contributed by atoms with Gasteiger partial charge in [0.2, 0.25) is 0 Å². The number of anilines is 1. The number of rotatable bonds is 5. The Morgan fingerprint density at radius 3 is 2.41 bits per heavy atom. The average Bonchev–Trinajstić information content (AvgIpc) is 2.96. The molecule has 0 aliphatic rings. The number of ether oxygens (including phenoxy) is 1. The van der Waals surface area contributed by atoms with E-state index in [0.29, 0.717) is 28.4 Å². The molecule has 0 fully saturated rings. The average molecular weight is 363 g/mol. The SMILES string of the molecule is COc1ccc(C)cc1NC(=O)C(=O)c1c(C)nn(-c2ccccc2)c1C. The first-order valence-electron chi connectivity index (χ1n) is 8.54. The van der Waals surface area contributed by atoms with E-state index >= 15 is 0 Å². The predicted octanol–water partition coefficient (Wildman–Crippen LogP) is 3.63. The van der Waals surface area contributed by atoms with E-state index in [2.05, 4.69) is 10.4 Å². The van der Waals surface area contributed by atoms with Crippen LogP contribution in [0.4, 0.5) is 5.69 Å². The minimum absolute atomic E-state index is 0.308. The number of para-hydroxylation sites is 1. The van der Waals surface area contributed by atoms with Crippen LogP contribution in [0.1, 0.15) is 27.3 Å². The van der Waals surface area contributed by atoms with Crippen molar-refractivity contribution in [1.29, 1.82) is 0 Å². The second-order valence-corrected chi connectivity index (χ2v) is 6.28. The molecule has 3 aromatic rings. The van der Waals surface area contributed by atoms with Crippen LogP contribution in [0, 0.1) is 20.8 Å². The van der Waals surface area contributed by atoms with Gasteiger partial charge in [0.25, 0.3) is 11.7 Å². The smallest absolute Gasteiger partial charge is 0.297 e. The molecule has 138 valence electrons. The summed E-state index contributed by atoms with van der Waals surface area (Å²) in [7, 11) is 1.51. The van der Waals surface area contributed by atoms with Crippen LogP contribution in [0.5, 0.6) is 5.75 Å². The number of carbonyl (C=O) groups excluding carboxylic acids is 2. The molecule has 2 aromatic carbocycles. The molecular weight excluding hydrogens is 342 g/mol. The lowest BCUT2D eigenvalue weighted by atomic mass is 10.1. The van der Waals surface area contributed by atoms with Crippen molar-refractivity contribution in [3.05, 3.63) is 71.0 Å². The summed E-state index contributed by atoms with van der Waals surface area (Å²) in [4.78, 5) is 25.4. The maximum atomic E-state index is 12.8. The van der Waals surface area contributed by atoms with Gasteiger partial charge in [-0.3, -0.25) is 9.59 Å². The highest BCUT2D eigenvalue weighted by Gasteiger charge is 2.25. The summed E-state index contributed by atoms with van der Waals surface area (Å²) in [5, 5.41) is 7.08. The second-order valence-electron chi connectivity index (χ2n) is 6.28. The van der Waals surface area contributed by atoms with Crippen LogP contribution in [-0.2, 0) is 4.79 Å². The zero-order valence-corrected chi connectivity index (χ0v) is 15.7. The molecule has 0 radical (unpaired) electrons. The number of nitrogens with zero attached hydrogens (tertiary/aromatic N) is 2. The molecule has 1 heterocycles. The Labute approximate surface area is 157 Å². The largest absolute Gasteiger partial charge is 0.495 e. The van der Waals surface area contributed by atoms with E-state index in [1.54, 1.807) is 30.7 Å². The van der Waals surface area contributed by atoms with Gasteiger partial charge in [0.15, 0.2) is 0 Å². The van der Waals surface area contributed by atoms with Gasteiger partial charge in [0.1, 0.15) is 5.75 Å². The first-order valence-corrected chi connectivity index (χ1v) is 8.54. The van der Waals surface area contributed by atoms with Gasteiger partial charge in [0, 0.05) is 0 Å². The molecule has 1 amide bonds. The summed E-state index contributed by atoms with van der Waals surface area (Å²) < 4.78 is 6.92. The first-order chi connectivity index (χ1) is 12.9. The van der Waals surface area contributed by atoms with Crippen LogP contribution in [-0.4, -0.2) is 28.6 Å². The third kappa shape index (κ3) is 3.60. The number of aromatic nitrogens is 2. The van der Waals surface area contributed by atoms with Crippen molar-refractivity contribution in [3.63, 3.8) is 0 Å². The molecule has 0 atom stereocenters. The molecule has 1 aromatic heterocycles. The van der Waals surface area contributed by atoms with Gasteiger partial charge in [-0.25, -0.2) is 4.68 Å². The maximum absolute atomic E-state index is 12.8. The first kappa shape index (κ1) is 18.4. The quantitative estimate of drug-likeness (QED) is 0.555. The fourth-order valence-corrected chi connectivity index (χ4v) is 3.00.